The third kappa shape index (κ3) is 4.75. The summed E-state index contributed by atoms with van der Waals surface area (Å²) in [6.45, 7) is -0.105. The van der Waals surface area contributed by atoms with Crippen molar-refractivity contribution in [3.8, 4) is 0 Å². The summed E-state index contributed by atoms with van der Waals surface area (Å²) in [6, 6.07) is 0. The molecule has 1 fully saturated rings. The molecule has 0 bridgehead atoms. The van der Waals surface area contributed by atoms with Crippen LogP contribution in [0, 0.1) is 11.8 Å². The number of carbonyl (C=O) groups is 2. The van der Waals surface area contributed by atoms with E-state index in [1.807, 2.05) is 0 Å². The second-order valence-electron chi connectivity index (χ2n) is 4.07. The number of hydrogen-bond donors (Lipinski definition) is 2. The van der Waals surface area contributed by atoms with Crippen LogP contribution < -0.4 is 5.32 Å². The summed E-state index contributed by atoms with van der Waals surface area (Å²) in [5.41, 5.74) is -4.30. The fraction of sp³-hybridized carbons (Fsp3) is 0.800. The Morgan fingerprint density at radius 1 is 1.28 bits per heavy atom. The quantitative estimate of drug-likeness (QED) is 0.757. The van der Waals surface area contributed by atoms with Crippen molar-refractivity contribution >= 4 is 23.6 Å². The number of nitrogens with one attached hydrogen (secondary N) is 1. The normalized spacial score (nSPS) is 23.9. The lowest BCUT2D eigenvalue weighted by Gasteiger charge is -2.15. The van der Waals surface area contributed by atoms with Gasteiger partial charge in [0.15, 0.2) is 0 Å². The molecule has 0 aromatic carbocycles. The zero-order valence-electron chi connectivity index (χ0n) is 9.50. The summed E-state index contributed by atoms with van der Waals surface area (Å²) < 4.78 is 35.5. The predicted octanol–water partition coefficient (Wildman–Crippen LogP) is 1.86. The van der Waals surface area contributed by atoms with E-state index in [0.717, 1.165) is 0 Å². The van der Waals surface area contributed by atoms with E-state index in [9.17, 15) is 22.8 Å². The molecule has 0 radical (unpaired) electrons. The molecule has 0 heterocycles. The summed E-state index contributed by atoms with van der Waals surface area (Å²) in [6.07, 6.45) is 1.59. The molecule has 0 aromatic heterocycles. The minimum absolute atomic E-state index is 0.105. The number of thioether (sulfide) groups is 1. The van der Waals surface area contributed by atoms with Gasteiger partial charge in [0, 0.05) is 12.3 Å². The third-order valence-corrected chi connectivity index (χ3v) is 3.57. The molecule has 0 saturated heterocycles. The Labute approximate surface area is 106 Å². The first-order valence-corrected chi connectivity index (χ1v) is 6.51. The number of rotatable bonds is 5. The van der Waals surface area contributed by atoms with Crippen LogP contribution in [-0.2, 0) is 9.59 Å². The second-order valence-corrected chi connectivity index (χ2v) is 5.23. The zero-order chi connectivity index (χ0) is 13.8. The SMILES string of the molecule is O=C(O)[C@H]1CCC[C@H]1C(=O)NCCSC(F)(F)F. The highest BCUT2D eigenvalue weighted by molar-refractivity contribution is 8.00. The van der Waals surface area contributed by atoms with E-state index in [2.05, 4.69) is 5.32 Å². The Bertz CT molecular complexity index is 322. The molecular formula is C10H14F3NO3S. The summed E-state index contributed by atoms with van der Waals surface area (Å²) in [5, 5.41) is 11.2. The van der Waals surface area contributed by atoms with Crippen LogP contribution in [0.2, 0.25) is 0 Å². The van der Waals surface area contributed by atoms with Crippen LogP contribution in [0.25, 0.3) is 0 Å². The maximum atomic E-state index is 11.8. The molecule has 2 N–H and O–H groups in total. The fourth-order valence-corrected chi connectivity index (χ4v) is 2.48. The van der Waals surface area contributed by atoms with Crippen LogP contribution >= 0.6 is 11.8 Å². The average Bonchev–Trinajstić information content (AvgIpc) is 2.71. The maximum absolute atomic E-state index is 11.8. The molecule has 2 atom stereocenters. The molecule has 1 aliphatic rings. The van der Waals surface area contributed by atoms with E-state index >= 15 is 0 Å². The van der Waals surface area contributed by atoms with Crippen LogP contribution in [0.5, 0.6) is 0 Å². The van der Waals surface area contributed by atoms with Gasteiger partial charge in [-0.05, 0) is 24.6 Å². The molecule has 1 amide bonds. The highest BCUT2D eigenvalue weighted by Gasteiger charge is 2.37. The molecule has 0 spiro atoms. The maximum Gasteiger partial charge on any atom is 0.441 e. The number of carbonyl (C=O) groups excluding carboxylic acids is 1. The number of alkyl halides is 3. The van der Waals surface area contributed by atoms with Crippen molar-refractivity contribution in [2.24, 2.45) is 11.8 Å². The van der Waals surface area contributed by atoms with Crippen LogP contribution in [0.15, 0.2) is 0 Å². The summed E-state index contributed by atoms with van der Waals surface area (Å²) in [4.78, 5) is 22.5. The van der Waals surface area contributed by atoms with Gasteiger partial charge in [-0.25, -0.2) is 0 Å². The summed E-state index contributed by atoms with van der Waals surface area (Å²) in [7, 11) is 0. The van der Waals surface area contributed by atoms with Gasteiger partial charge in [0.25, 0.3) is 0 Å². The van der Waals surface area contributed by atoms with Crippen molar-refractivity contribution < 1.29 is 27.9 Å². The van der Waals surface area contributed by atoms with Crippen LogP contribution in [0.3, 0.4) is 0 Å². The van der Waals surface area contributed by atoms with Gasteiger partial charge in [-0.15, -0.1) is 0 Å². The van der Waals surface area contributed by atoms with Crippen molar-refractivity contribution in [1.29, 1.82) is 0 Å². The number of carboxylic acids is 1. The molecule has 104 valence electrons. The Kier molecular flexibility index (Phi) is 5.30. The van der Waals surface area contributed by atoms with Crippen molar-refractivity contribution in [3.63, 3.8) is 0 Å². The van der Waals surface area contributed by atoms with Gasteiger partial charge in [-0.3, -0.25) is 9.59 Å². The molecule has 1 rings (SSSR count). The number of halogens is 3. The third-order valence-electron chi connectivity index (χ3n) is 2.84. The minimum Gasteiger partial charge on any atom is -0.481 e. The number of amides is 1. The lowest BCUT2D eigenvalue weighted by Crippen LogP contribution is -2.36. The molecule has 0 unspecified atom stereocenters. The van der Waals surface area contributed by atoms with Crippen molar-refractivity contribution in [2.75, 3.05) is 12.3 Å². The van der Waals surface area contributed by atoms with E-state index in [-0.39, 0.29) is 24.1 Å². The van der Waals surface area contributed by atoms with Gasteiger partial charge in [-0.2, -0.15) is 13.2 Å². The second kappa shape index (κ2) is 6.31. The molecule has 1 saturated carbocycles. The molecular weight excluding hydrogens is 271 g/mol. The zero-order valence-corrected chi connectivity index (χ0v) is 10.3. The Morgan fingerprint density at radius 2 is 1.89 bits per heavy atom. The van der Waals surface area contributed by atoms with E-state index < -0.39 is 29.2 Å². The summed E-state index contributed by atoms with van der Waals surface area (Å²) >= 11 is -0.206. The standard InChI is InChI=1S/C10H14F3NO3S/c11-10(12,13)18-5-4-14-8(15)6-2-1-3-7(6)9(16)17/h6-7H,1-5H2,(H,14,15)(H,16,17)/t6-,7+/m1/s1. The average molecular weight is 285 g/mol. The summed E-state index contributed by atoms with van der Waals surface area (Å²) in [5.74, 6) is -3.06. The molecule has 0 aliphatic heterocycles. The molecule has 0 aromatic rings. The van der Waals surface area contributed by atoms with Crippen LogP contribution in [-0.4, -0.2) is 34.8 Å². The first-order chi connectivity index (χ1) is 8.31. The lowest BCUT2D eigenvalue weighted by molar-refractivity contribution is -0.146. The molecule has 8 heteroatoms. The monoisotopic (exact) mass is 285 g/mol. The van der Waals surface area contributed by atoms with Gasteiger partial charge in [0.1, 0.15) is 0 Å². The Balaban J connectivity index is 2.30. The smallest absolute Gasteiger partial charge is 0.441 e. The van der Waals surface area contributed by atoms with E-state index in [1.165, 1.54) is 0 Å². The predicted molar refractivity (Wildman–Crippen MR) is 60.0 cm³/mol. The lowest BCUT2D eigenvalue weighted by atomic mass is 9.95. The fourth-order valence-electron chi connectivity index (χ4n) is 2.04. The number of hydrogen-bond acceptors (Lipinski definition) is 3. The molecule has 4 nitrogen and oxygen atoms in total. The van der Waals surface area contributed by atoms with E-state index in [0.29, 0.717) is 19.3 Å². The Hall–Kier alpha value is -0.920. The minimum atomic E-state index is -4.30. The van der Waals surface area contributed by atoms with Crippen molar-refractivity contribution in [1.82, 2.24) is 5.32 Å². The van der Waals surface area contributed by atoms with Gasteiger partial charge in [-0.1, -0.05) is 6.42 Å². The highest BCUT2D eigenvalue weighted by Crippen LogP contribution is 2.32. The van der Waals surface area contributed by atoms with Crippen molar-refractivity contribution in [2.45, 2.75) is 24.8 Å². The van der Waals surface area contributed by atoms with Gasteiger partial charge < -0.3 is 10.4 Å². The number of carboxylic acid groups (broad SMARTS) is 1. The first kappa shape index (κ1) is 15.1. The van der Waals surface area contributed by atoms with Gasteiger partial charge >= 0.3 is 11.5 Å². The largest absolute Gasteiger partial charge is 0.481 e. The van der Waals surface area contributed by atoms with Crippen LogP contribution in [0.4, 0.5) is 13.2 Å². The van der Waals surface area contributed by atoms with Gasteiger partial charge in [0.2, 0.25) is 5.91 Å². The van der Waals surface area contributed by atoms with Crippen molar-refractivity contribution in [3.05, 3.63) is 0 Å². The van der Waals surface area contributed by atoms with Gasteiger partial charge in [0.05, 0.1) is 11.8 Å². The first-order valence-electron chi connectivity index (χ1n) is 5.52. The van der Waals surface area contributed by atoms with E-state index in [4.69, 9.17) is 5.11 Å². The highest BCUT2D eigenvalue weighted by atomic mass is 32.2. The van der Waals surface area contributed by atoms with E-state index in [1.54, 1.807) is 0 Å². The molecule has 18 heavy (non-hydrogen) atoms. The Morgan fingerprint density at radius 3 is 2.44 bits per heavy atom. The number of aliphatic carboxylic acids is 1. The topological polar surface area (TPSA) is 66.4 Å². The molecule has 1 aliphatic carbocycles. The van der Waals surface area contributed by atoms with Crippen LogP contribution in [0.1, 0.15) is 19.3 Å².